The molecule has 1 heterocycles. The molecule has 0 saturated carbocycles. The maximum Gasteiger partial charge on any atom is 0.416 e. The van der Waals surface area contributed by atoms with Gasteiger partial charge in [0, 0.05) is 16.8 Å². The second-order valence-corrected chi connectivity index (χ2v) is 11.1. The summed E-state index contributed by atoms with van der Waals surface area (Å²) in [7, 11) is 0. The van der Waals surface area contributed by atoms with Crippen LogP contribution >= 0.6 is 0 Å². The number of nitrogens with zero attached hydrogens (tertiary/aromatic N) is 1. The molecule has 2 nitrogen and oxygen atoms in total. The SMILES string of the molecule is CC(C)c1nc2c(c(-c3ccc(F)cc3)c1C(F)c1ccc(C(F)(F)F)cc1)C(O)C(Cc1ccc(C(F)(F)F)cc1)C2. The molecule has 1 N–H and O–H groups in total. The van der Waals surface area contributed by atoms with Crippen molar-refractivity contribution in [2.75, 3.05) is 0 Å². The van der Waals surface area contributed by atoms with Gasteiger partial charge in [0.05, 0.1) is 22.9 Å². The van der Waals surface area contributed by atoms with E-state index in [1.165, 1.54) is 36.4 Å². The first-order valence-corrected chi connectivity index (χ1v) is 13.6. The molecule has 1 aliphatic rings. The summed E-state index contributed by atoms with van der Waals surface area (Å²) in [6.45, 7) is 3.58. The Kier molecular flexibility index (Phi) is 8.11. The quantitative estimate of drug-likeness (QED) is 0.222. The van der Waals surface area contributed by atoms with E-state index in [0.29, 0.717) is 28.1 Å². The van der Waals surface area contributed by atoms with Crippen molar-refractivity contribution in [3.05, 3.63) is 123 Å². The fourth-order valence-electron chi connectivity index (χ4n) is 5.70. The van der Waals surface area contributed by atoms with Gasteiger partial charge in [-0.1, -0.05) is 50.2 Å². The van der Waals surface area contributed by atoms with Crippen LogP contribution in [0.3, 0.4) is 0 Å². The van der Waals surface area contributed by atoms with Gasteiger partial charge in [0.25, 0.3) is 0 Å². The van der Waals surface area contributed by atoms with Gasteiger partial charge in [-0.2, -0.15) is 26.3 Å². The van der Waals surface area contributed by atoms with Crippen molar-refractivity contribution in [3.8, 4) is 11.1 Å². The van der Waals surface area contributed by atoms with E-state index in [1.807, 2.05) is 0 Å². The van der Waals surface area contributed by atoms with Crippen LogP contribution in [0.4, 0.5) is 35.1 Å². The number of halogens is 8. The number of hydrogen-bond acceptors (Lipinski definition) is 2. The number of pyridine rings is 1. The fourth-order valence-corrected chi connectivity index (χ4v) is 5.70. The summed E-state index contributed by atoms with van der Waals surface area (Å²) in [5.41, 5.74) is 0.661. The van der Waals surface area contributed by atoms with Gasteiger partial charge < -0.3 is 5.11 Å². The van der Waals surface area contributed by atoms with Crippen molar-refractivity contribution in [2.24, 2.45) is 5.92 Å². The van der Waals surface area contributed by atoms with E-state index in [1.54, 1.807) is 13.8 Å². The van der Waals surface area contributed by atoms with E-state index in [0.717, 1.165) is 36.4 Å². The van der Waals surface area contributed by atoms with Crippen LogP contribution in [0.2, 0.25) is 0 Å². The average Bonchev–Trinajstić information content (AvgIpc) is 3.26. The Morgan fingerprint density at radius 3 is 1.86 bits per heavy atom. The number of benzene rings is 3. The van der Waals surface area contributed by atoms with Gasteiger partial charge in [0.15, 0.2) is 6.17 Å². The Balaban J connectivity index is 1.62. The third kappa shape index (κ3) is 6.16. The molecule has 226 valence electrons. The summed E-state index contributed by atoms with van der Waals surface area (Å²) in [4.78, 5) is 4.75. The molecule has 1 aliphatic carbocycles. The molecule has 1 aromatic heterocycles. The molecule has 0 bridgehead atoms. The van der Waals surface area contributed by atoms with E-state index in [-0.39, 0.29) is 35.4 Å². The largest absolute Gasteiger partial charge is 0.416 e. The monoisotopic (exact) mass is 605 g/mol. The summed E-state index contributed by atoms with van der Waals surface area (Å²) in [6, 6.07) is 13.6. The zero-order valence-electron chi connectivity index (χ0n) is 23.1. The first kappa shape index (κ1) is 30.7. The highest BCUT2D eigenvalue weighted by molar-refractivity contribution is 5.75. The minimum atomic E-state index is -4.60. The lowest BCUT2D eigenvalue weighted by Crippen LogP contribution is -2.13. The molecule has 0 spiro atoms. The first-order chi connectivity index (χ1) is 20.1. The lowest BCUT2D eigenvalue weighted by molar-refractivity contribution is -0.138. The summed E-state index contributed by atoms with van der Waals surface area (Å²) < 4.78 is 109. The second-order valence-electron chi connectivity index (χ2n) is 11.1. The van der Waals surface area contributed by atoms with Crippen molar-refractivity contribution in [2.45, 2.75) is 57.2 Å². The number of rotatable bonds is 6. The number of aromatic nitrogens is 1. The molecule has 0 saturated heterocycles. The smallest absolute Gasteiger partial charge is 0.388 e. The third-order valence-corrected chi connectivity index (χ3v) is 7.82. The van der Waals surface area contributed by atoms with Gasteiger partial charge in [-0.3, -0.25) is 4.98 Å². The van der Waals surface area contributed by atoms with Crippen LogP contribution in [0.15, 0.2) is 72.8 Å². The molecule has 0 amide bonds. The van der Waals surface area contributed by atoms with Crippen LogP contribution in [-0.2, 0) is 25.2 Å². The molecule has 0 radical (unpaired) electrons. The van der Waals surface area contributed by atoms with Crippen LogP contribution in [0.25, 0.3) is 11.1 Å². The van der Waals surface area contributed by atoms with Crippen LogP contribution in [-0.4, -0.2) is 10.1 Å². The summed E-state index contributed by atoms with van der Waals surface area (Å²) >= 11 is 0. The van der Waals surface area contributed by atoms with Crippen molar-refractivity contribution in [3.63, 3.8) is 0 Å². The fraction of sp³-hybridized carbons (Fsp3) is 0.303. The lowest BCUT2D eigenvalue weighted by atomic mass is 9.84. The Morgan fingerprint density at radius 1 is 0.814 bits per heavy atom. The van der Waals surface area contributed by atoms with Gasteiger partial charge in [-0.15, -0.1) is 0 Å². The predicted molar refractivity (Wildman–Crippen MR) is 145 cm³/mol. The number of hydrogen-bond donors (Lipinski definition) is 1. The highest BCUT2D eigenvalue weighted by atomic mass is 19.4. The predicted octanol–water partition coefficient (Wildman–Crippen LogP) is 9.56. The Labute approximate surface area is 243 Å². The minimum absolute atomic E-state index is 0.0474. The van der Waals surface area contributed by atoms with Gasteiger partial charge in [0.1, 0.15) is 5.82 Å². The molecule has 4 aromatic rings. The summed E-state index contributed by atoms with van der Waals surface area (Å²) in [6.07, 6.45) is -11.8. The maximum absolute atomic E-state index is 16.5. The van der Waals surface area contributed by atoms with Crippen LogP contribution in [0, 0.1) is 11.7 Å². The van der Waals surface area contributed by atoms with Crippen molar-refractivity contribution in [1.82, 2.24) is 4.98 Å². The number of alkyl halides is 7. The highest BCUT2D eigenvalue weighted by Crippen LogP contribution is 2.49. The topological polar surface area (TPSA) is 33.1 Å². The molecule has 43 heavy (non-hydrogen) atoms. The van der Waals surface area contributed by atoms with Crippen LogP contribution in [0.5, 0.6) is 0 Å². The zero-order valence-corrected chi connectivity index (χ0v) is 23.1. The molecule has 0 aliphatic heterocycles. The normalized spacial score (nSPS) is 17.8. The molecule has 5 rings (SSSR count). The average molecular weight is 606 g/mol. The van der Waals surface area contributed by atoms with Crippen molar-refractivity contribution >= 4 is 0 Å². The molecule has 3 unspecified atom stereocenters. The first-order valence-electron chi connectivity index (χ1n) is 13.6. The molecule has 0 fully saturated rings. The van der Waals surface area contributed by atoms with E-state index < -0.39 is 47.5 Å². The zero-order chi connectivity index (χ0) is 31.3. The number of aliphatic hydroxyl groups excluding tert-OH is 1. The van der Waals surface area contributed by atoms with Crippen molar-refractivity contribution in [1.29, 1.82) is 0 Å². The van der Waals surface area contributed by atoms with Crippen molar-refractivity contribution < 1.29 is 40.2 Å². The van der Waals surface area contributed by atoms with E-state index >= 15 is 4.39 Å². The Hall–Kier alpha value is -3.79. The lowest BCUT2D eigenvalue weighted by Gasteiger charge is -2.25. The molecule has 10 heteroatoms. The molecular weight excluding hydrogens is 578 g/mol. The summed E-state index contributed by atoms with van der Waals surface area (Å²) in [5, 5.41) is 11.6. The summed E-state index contributed by atoms with van der Waals surface area (Å²) in [5.74, 6) is -1.38. The highest BCUT2D eigenvalue weighted by Gasteiger charge is 2.39. The number of aliphatic hydroxyl groups is 1. The van der Waals surface area contributed by atoms with Gasteiger partial charge in [-0.05, 0) is 83.3 Å². The van der Waals surface area contributed by atoms with Gasteiger partial charge >= 0.3 is 12.4 Å². The van der Waals surface area contributed by atoms with Gasteiger partial charge in [0.2, 0.25) is 0 Å². The second kappa shape index (κ2) is 11.4. The van der Waals surface area contributed by atoms with Crippen LogP contribution < -0.4 is 0 Å². The standard InChI is InChI=1S/C33H27F8NO/c1-17(2)30-28(29(35)20-5-11-23(12-6-20)33(39,40)41)26(19-7-13-24(34)14-8-19)27-25(42-30)16-21(31(27)43)15-18-3-9-22(10-4-18)32(36,37)38/h3-14,17,21,29,31,43H,15-16H2,1-2H3. The van der Waals surface area contributed by atoms with Gasteiger partial charge in [-0.25, -0.2) is 8.78 Å². The Bertz CT molecular complexity index is 1590. The van der Waals surface area contributed by atoms with E-state index in [9.17, 15) is 35.8 Å². The minimum Gasteiger partial charge on any atom is -0.388 e. The van der Waals surface area contributed by atoms with E-state index in [4.69, 9.17) is 4.98 Å². The van der Waals surface area contributed by atoms with Crippen LogP contribution in [0.1, 0.15) is 76.8 Å². The molecular formula is C33H27F8NO. The third-order valence-electron chi connectivity index (χ3n) is 7.82. The Morgan fingerprint density at radius 2 is 1.35 bits per heavy atom. The number of fused-ring (bicyclic) bond motifs is 1. The molecule has 3 atom stereocenters. The van der Waals surface area contributed by atoms with E-state index in [2.05, 4.69) is 0 Å². The maximum atomic E-state index is 16.5. The molecule has 3 aromatic carbocycles.